The Morgan fingerprint density at radius 3 is 2.30 bits per heavy atom. The minimum absolute atomic E-state index is 0.0698. The Morgan fingerprint density at radius 1 is 1.07 bits per heavy atom. The molecular weight excluding hydrogens is 339 g/mol. The van der Waals surface area contributed by atoms with Crippen LogP contribution in [0.3, 0.4) is 0 Å². The van der Waals surface area contributed by atoms with Crippen molar-refractivity contribution in [2.24, 2.45) is 11.3 Å². The fraction of sp³-hybridized carbons (Fsp3) is 0.591. The van der Waals surface area contributed by atoms with E-state index in [0.717, 1.165) is 19.3 Å². The number of methoxy groups -OCH3 is 1. The number of carbonyl (C=O) groups is 1. The Balaban J connectivity index is 1.65. The van der Waals surface area contributed by atoms with Gasteiger partial charge < -0.3 is 14.0 Å². The summed E-state index contributed by atoms with van der Waals surface area (Å²) in [6, 6.07) is 10.5. The zero-order valence-corrected chi connectivity index (χ0v) is 17.0. The van der Waals surface area contributed by atoms with Gasteiger partial charge in [-0.2, -0.15) is 0 Å². The van der Waals surface area contributed by atoms with Crippen molar-refractivity contribution in [2.45, 2.75) is 64.0 Å². The van der Waals surface area contributed by atoms with E-state index in [9.17, 15) is 4.79 Å². The Labute approximate surface area is 162 Å². The summed E-state index contributed by atoms with van der Waals surface area (Å²) >= 11 is 0. The first-order valence-electron chi connectivity index (χ1n) is 9.90. The van der Waals surface area contributed by atoms with Crippen LogP contribution in [0.2, 0.25) is 5.82 Å². The number of allylic oxidation sites excluding steroid dienone is 2. The average Bonchev–Trinajstić information content (AvgIpc) is 3.28. The second-order valence-electron chi connectivity index (χ2n) is 9.24. The molecule has 0 aromatic heterocycles. The lowest BCUT2D eigenvalue weighted by Gasteiger charge is -2.32. The summed E-state index contributed by atoms with van der Waals surface area (Å²) in [4.78, 5) is 12.2. The van der Waals surface area contributed by atoms with E-state index >= 15 is 0 Å². The van der Waals surface area contributed by atoms with E-state index < -0.39 is 0 Å². The third-order valence-corrected chi connectivity index (χ3v) is 7.11. The number of hydrogen-bond donors (Lipinski definition) is 0. The molecule has 0 N–H and O–H groups in total. The van der Waals surface area contributed by atoms with Gasteiger partial charge in [-0.3, -0.25) is 4.79 Å². The SMILES string of the molecule is COC(=O)[C@@H]1CC=C(c2ccccc2)[C@@]2(CC2B2OC(C)(C)C(C)(C)O2)C1. The molecule has 2 aliphatic carbocycles. The van der Waals surface area contributed by atoms with Gasteiger partial charge in [-0.1, -0.05) is 36.4 Å². The summed E-state index contributed by atoms with van der Waals surface area (Å²) in [5.41, 5.74) is 1.82. The van der Waals surface area contributed by atoms with Gasteiger partial charge in [0.25, 0.3) is 0 Å². The lowest BCUT2D eigenvalue weighted by atomic mass is 9.67. The molecule has 1 saturated carbocycles. The van der Waals surface area contributed by atoms with Crippen molar-refractivity contribution in [1.29, 1.82) is 0 Å². The lowest BCUT2D eigenvalue weighted by molar-refractivity contribution is -0.146. The average molecular weight is 368 g/mol. The van der Waals surface area contributed by atoms with Gasteiger partial charge in [0, 0.05) is 5.82 Å². The molecule has 0 bridgehead atoms. The Kier molecular flexibility index (Phi) is 4.32. The fourth-order valence-corrected chi connectivity index (χ4v) is 4.75. The molecule has 3 aliphatic rings. The van der Waals surface area contributed by atoms with E-state index in [1.54, 1.807) is 0 Å². The van der Waals surface area contributed by atoms with E-state index in [1.807, 2.05) is 6.07 Å². The molecule has 1 unspecified atom stereocenters. The summed E-state index contributed by atoms with van der Waals surface area (Å²) in [7, 11) is 1.24. The molecular formula is C22H29BO4. The molecule has 1 aliphatic heterocycles. The highest BCUT2D eigenvalue weighted by Crippen LogP contribution is 2.72. The van der Waals surface area contributed by atoms with Crippen LogP contribution in [0.25, 0.3) is 5.57 Å². The van der Waals surface area contributed by atoms with Gasteiger partial charge in [0.05, 0.1) is 24.2 Å². The number of esters is 1. The molecule has 1 saturated heterocycles. The summed E-state index contributed by atoms with van der Waals surface area (Å²) in [6.07, 6.45) is 4.76. The van der Waals surface area contributed by atoms with Crippen molar-refractivity contribution in [3.05, 3.63) is 42.0 Å². The second-order valence-corrected chi connectivity index (χ2v) is 9.24. The smallest absolute Gasteiger partial charge is 0.462 e. The molecule has 2 fully saturated rings. The van der Waals surface area contributed by atoms with Gasteiger partial charge >= 0.3 is 13.1 Å². The van der Waals surface area contributed by atoms with Crippen LogP contribution >= 0.6 is 0 Å². The summed E-state index contributed by atoms with van der Waals surface area (Å²) < 4.78 is 17.8. The molecule has 1 aromatic carbocycles. The lowest BCUT2D eigenvalue weighted by Crippen LogP contribution is -2.41. The maximum Gasteiger partial charge on any atom is 0.462 e. The van der Waals surface area contributed by atoms with Crippen LogP contribution < -0.4 is 0 Å². The normalized spacial score (nSPS) is 33.7. The van der Waals surface area contributed by atoms with Gasteiger partial charge in [-0.25, -0.2) is 0 Å². The van der Waals surface area contributed by atoms with Crippen molar-refractivity contribution in [2.75, 3.05) is 7.11 Å². The van der Waals surface area contributed by atoms with Crippen molar-refractivity contribution in [1.82, 2.24) is 0 Å². The molecule has 3 atom stereocenters. The Bertz CT molecular complexity index is 754. The predicted molar refractivity (Wildman–Crippen MR) is 106 cm³/mol. The Morgan fingerprint density at radius 2 is 1.70 bits per heavy atom. The molecule has 27 heavy (non-hydrogen) atoms. The van der Waals surface area contributed by atoms with Gasteiger partial charge in [0.1, 0.15) is 0 Å². The maximum atomic E-state index is 12.2. The third-order valence-electron chi connectivity index (χ3n) is 7.11. The van der Waals surface area contributed by atoms with Crippen LogP contribution in [-0.2, 0) is 18.8 Å². The number of hydrogen-bond acceptors (Lipinski definition) is 4. The first-order chi connectivity index (χ1) is 12.7. The monoisotopic (exact) mass is 368 g/mol. The molecule has 144 valence electrons. The predicted octanol–water partition coefficient (Wildman–Crippen LogP) is 4.51. The van der Waals surface area contributed by atoms with Crippen LogP contribution in [0.5, 0.6) is 0 Å². The van der Waals surface area contributed by atoms with Crippen LogP contribution in [0.1, 0.15) is 52.5 Å². The Hall–Kier alpha value is -1.59. The molecule has 1 aromatic rings. The zero-order chi connectivity index (χ0) is 19.4. The summed E-state index contributed by atoms with van der Waals surface area (Å²) in [6.45, 7) is 8.37. The summed E-state index contributed by atoms with van der Waals surface area (Å²) in [5.74, 6) is 0.0599. The minimum atomic E-state index is -0.339. The van der Waals surface area contributed by atoms with Crippen molar-refractivity contribution in [3.8, 4) is 0 Å². The molecule has 0 radical (unpaired) electrons. The second kappa shape index (κ2) is 6.21. The fourth-order valence-electron chi connectivity index (χ4n) is 4.75. The topological polar surface area (TPSA) is 44.8 Å². The van der Waals surface area contributed by atoms with E-state index in [0.29, 0.717) is 0 Å². The van der Waals surface area contributed by atoms with Crippen LogP contribution in [0.15, 0.2) is 36.4 Å². The highest BCUT2D eigenvalue weighted by atomic mass is 16.7. The van der Waals surface area contributed by atoms with Crippen molar-refractivity contribution in [3.63, 3.8) is 0 Å². The molecule has 0 amide bonds. The van der Waals surface area contributed by atoms with Crippen molar-refractivity contribution < 1.29 is 18.8 Å². The van der Waals surface area contributed by atoms with Crippen molar-refractivity contribution >= 4 is 18.7 Å². The number of ether oxygens (including phenoxy) is 1. The highest BCUT2D eigenvalue weighted by molar-refractivity contribution is 6.49. The number of benzene rings is 1. The van der Waals surface area contributed by atoms with E-state index in [2.05, 4.69) is 58.0 Å². The standard InChI is InChI=1S/C22H29BO4/c1-20(2)21(3,4)27-23(26-20)18-14-22(18)13-16(19(24)25-5)11-12-17(22)15-9-7-6-8-10-15/h6-10,12,16,18H,11,13-14H2,1-5H3/t16-,18?,22+/m1/s1. The van der Waals surface area contributed by atoms with E-state index in [-0.39, 0.29) is 41.4 Å². The van der Waals surface area contributed by atoms with Crippen LogP contribution in [-0.4, -0.2) is 31.4 Å². The van der Waals surface area contributed by atoms with Crippen LogP contribution in [0, 0.1) is 11.3 Å². The molecule has 4 rings (SSSR count). The zero-order valence-electron chi connectivity index (χ0n) is 17.0. The minimum Gasteiger partial charge on any atom is -0.469 e. The highest BCUT2D eigenvalue weighted by Gasteiger charge is 2.68. The number of carbonyl (C=O) groups excluding carboxylic acids is 1. The quantitative estimate of drug-likeness (QED) is 0.582. The summed E-state index contributed by atoms with van der Waals surface area (Å²) in [5, 5.41) is 0. The molecule has 1 spiro atoms. The van der Waals surface area contributed by atoms with Crippen LogP contribution in [0.4, 0.5) is 0 Å². The van der Waals surface area contributed by atoms with Gasteiger partial charge in [0.15, 0.2) is 0 Å². The molecule has 1 heterocycles. The maximum absolute atomic E-state index is 12.2. The molecule has 5 heteroatoms. The first kappa shape index (κ1) is 18.8. The third kappa shape index (κ3) is 2.96. The van der Waals surface area contributed by atoms with Gasteiger partial charge in [-0.15, -0.1) is 0 Å². The molecule has 4 nitrogen and oxygen atoms in total. The van der Waals surface area contributed by atoms with Gasteiger partial charge in [-0.05, 0) is 63.5 Å². The number of rotatable bonds is 3. The van der Waals surface area contributed by atoms with Gasteiger partial charge in [0.2, 0.25) is 0 Å². The van der Waals surface area contributed by atoms with E-state index in [1.165, 1.54) is 18.2 Å². The first-order valence-corrected chi connectivity index (χ1v) is 9.90. The largest absolute Gasteiger partial charge is 0.469 e. The van der Waals surface area contributed by atoms with E-state index in [4.69, 9.17) is 14.0 Å².